The predicted octanol–water partition coefficient (Wildman–Crippen LogP) is 5.41. The standard InChI is InChI=1S/C22H19Cl2N5O2/c1-11(20-15(23)9-27-10-16(20)24)31-13-3-5-17(25)14(7-13)21(26)22-28-18-6-4-12(30-2)8-19(18)29-22/h3-11,26H,25H2,1-2H3,(H,28,29). The van der Waals surface area contributed by atoms with E-state index < -0.39 is 6.10 Å². The third-order valence-corrected chi connectivity index (χ3v) is 5.43. The summed E-state index contributed by atoms with van der Waals surface area (Å²) >= 11 is 12.5. The molecule has 0 aliphatic rings. The fraction of sp³-hybridized carbons (Fsp3) is 0.136. The molecule has 4 rings (SSSR count). The van der Waals surface area contributed by atoms with E-state index in [1.807, 2.05) is 25.1 Å². The van der Waals surface area contributed by atoms with Gasteiger partial charge in [0.15, 0.2) is 5.82 Å². The van der Waals surface area contributed by atoms with E-state index in [-0.39, 0.29) is 5.71 Å². The van der Waals surface area contributed by atoms with E-state index in [1.54, 1.807) is 25.3 Å². The first-order valence-corrected chi connectivity index (χ1v) is 10.1. The van der Waals surface area contributed by atoms with Gasteiger partial charge in [0.1, 0.15) is 23.3 Å². The topological polar surface area (TPSA) is 110 Å². The van der Waals surface area contributed by atoms with Crippen LogP contribution in [0.15, 0.2) is 48.8 Å². The maximum atomic E-state index is 8.64. The molecule has 2 aromatic carbocycles. The summed E-state index contributed by atoms with van der Waals surface area (Å²) in [6, 6.07) is 10.6. The summed E-state index contributed by atoms with van der Waals surface area (Å²) in [6.45, 7) is 1.83. The van der Waals surface area contributed by atoms with E-state index in [1.165, 1.54) is 12.4 Å². The monoisotopic (exact) mass is 455 g/mol. The van der Waals surface area contributed by atoms with Gasteiger partial charge >= 0.3 is 0 Å². The van der Waals surface area contributed by atoms with Gasteiger partial charge in [0.25, 0.3) is 0 Å². The van der Waals surface area contributed by atoms with E-state index in [0.717, 1.165) is 11.0 Å². The number of nitrogens with one attached hydrogen (secondary N) is 2. The quantitative estimate of drug-likeness (QED) is 0.265. The Morgan fingerprint density at radius 3 is 2.52 bits per heavy atom. The number of ether oxygens (including phenoxy) is 2. The highest BCUT2D eigenvalue weighted by molar-refractivity contribution is 6.35. The van der Waals surface area contributed by atoms with Crippen molar-refractivity contribution in [3.8, 4) is 11.5 Å². The second-order valence-electron chi connectivity index (χ2n) is 6.87. The lowest BCUT2D eigenvalue weighted by molar-refractivity contribution is 0.227. The number of aromatic amines is 1. The molecule has 9 heteroatoms. The average molecular weight is 456 g/mol. The lowest BCUT2D eigenvalue weighted by atomic mass is 10.1. The van der Waals surface area contributed by atoms with Crippen molar-refractivity contribution in [1.82, 2.24) is 15.0 Å². The molecule has 0 aliphatic carbocycles. The number of halogens is 2. The van der Waals surface area contributed by atoms with Gasteiger partial charge in [0, 0.05) is 35.3 Å². The highest BCUT2D eigenvalue weighted by atomic mass is 35.5. The zero-order valence-corrected chi connectivity index (χ0v) is 18.3. The average Bonchev–Trinajstić information content (AvgIpc) is 3.17. The number of imidazole rings is 1. The summed E-state index contributed by atoms with van der Waals surface area (Å²) in [4.78, 5) is 11.6. The van der Waals surface area contributed by atoms with Gasteiger partial charge in [-0.3, -0.25) is 10.4 Å². The van der Waals surface area contributed by atoms with Gasteiger partial charge in [-0.2, -0.15) is 0 Å². The number of fused-ring (bicyclic) bond motifs is 1. The van der Waals surface area contributed by atoms with Crippen LogP contribution in [0, 0.1) is 5.41 Å². The molecule has 0 radical (unpaired) electrons. The van der Waals surface area contributed by atoms with Crippen molar-refractivity contribution in [2.45, 2.75) is 13.0 Å². The lowest BCUT2D eigenvalue weighted by Gasteiger charge is -2.18. The maximum absolute atomic E-state index is 8.64. The molecule has 1 atom stereocenters. The molecule has 0 amide bonds. The highest BCUT2D eigenvalue weighted by Gasteiger charge is 2.18. The number of benzene rings is 2. The number of H-pyrrole nitrogens is 1. The minimum atomic E-state index is -0.438. The zero-order valence-electron chi connectivity index (χ0n) is 16.7. The molecular weight excluding hydrogens is 437 g/mol. The van der Waals surface area contributed by atoms with E-state index in [9.17, 15) is 0 Å². The van der Waals surface area contributed by atoms with Crippen molar-refractivity contribution >= 4 is 45.6 Å². The highest BCUT2D eigenvalue weighted by Crippen LogP contribution is 2.33. The molecule has 4 aromatic rings. The summed E-state index contributed by atoms with van der Waals surface area (Å²) in [6.07, 6.45) is 2.60. The van der Waals surface area contributed by atoms with E-state index in [4.69, 9.17) is 43.8 Å². The van der Waals surface area contributed by atoms with Gasteiger partial charge in [-0.25, -0.2) is 4.98 Å². The normalized spacial score (nSPS) is 12.0. The number of hydrogen-bond acceptors (Lipinski definition) is 6. The number of anilines is 1. The van der Waals surface area contributed by atoms with Gasteiger partial charge in [0.05, 0.1) is 28.2 Å². The first-order chi connectivity index (χ1) is 14.9. The van der Waals surface area contributed by atoms with Gasteiger partial charge in [0.2, 0.25) is 0 Å². The number of nitrogens with two attached hydrogens (primary N) is 1. The Morgan fingerprint density at radius 2 is 1.81 bits per heavy atom. The number of rotatable bonds is 6. The molecule has 1 unspecified atom stereocenters. The van der Waals surface area contributed by atoms with Gasteiger partial charge in [-0.05, 0) is 37.3 Å². The first-order valence-electron chi connectivity index (χ1n) is 9.35. The minimum absolute atomic E-state index is 0.144. The Balaban J connectivity index is 1.64. The minimum Gasteiger partial charge on any atom is -0.497 e. The van der Waals surface area contributed by atoms with Crippen molar-refractivity contribution < 1.29 is 9.47 Å². The fourth-order valence-electron chi connectivity index (χ4n) is 3.26. The van der Waals surface area contributed by atoms with Crippen molar-refractivity contribution in [2.24, 2.45) is 0 Å². The summed E-state index contributed by atoms with van der Waals surface area (Å²) in [5.41, 5.74) is 9.34. The van der Waals surface area contributed by atoms with Crippen molar-refractivity contribution in [3.05, 3.63) is 75.8 Å². The lowest BCUT2D eigenvalue weighted by Crippen LogP contribution is -2.09. The third kappa shape index (κ3) is 4.15. The van der Waals surface area contributed by atoms with Crippen molar-refractivity contribution in [2.75, 3.05) is 12.8 Å². The largest absolute Gasteiger partial charge is 0.497 e. The second kappa shape index (κ2) is 8.45. The molecule has 0 saturated carbocycles. The van der Waals surface area contributed by atoms with E-state index in [0.29, 0.717) is 44.2 Å². The number of hydrogen-bond donors (Lipinski definition) is 3. The Kier molecular flexibility index (Phi) is 5.71. The SMILES string of the molecule is COc1ccc2nc(C(=N)c3cc(OC(C)c4c(Cl)cncc4Cl)ccc3N)[nH]c2c1. The molecule has 158 valence electrons. The molecule has 7 nitrogen and oxygen atoms in total. The van der Waals surface area contributed by atoms with E-state index >= 15 is 0 Å². The van der Waals surface area contributed by atoms with Crippen LogP contribution >= 0.6 is 23.2 Å². The molecular formula is C22H19Cl2N5O2. The zero-order chi connectivity index (χ0) is 22.1. The molecule has 0 aliphatic heterocycles. The molecule has 31 heavy (non-hydrogen) atoms. The van der Waals surface area contributed by atoms with Gasteiger partial charge < -0.3 is 20.2 Å². The number of methoxy groups -OCH3 is 1. The van der Waals surface area contributed by atoms with Crippen LogP contribution in [0.5, 0.6) is 11.5 Å². The summed E-state index contributed by atoms with van der Waals surface area (Å²) < 4.78 is 11.3. The summed E-state index contributed by atoms with van der Waals surface area (Å²) in [7, 11) is 1.60. The summed E-state index contributed by atoms with van der Waals surface area (Å²) in [5.74, 6) is 1.61. The predicted molar refractivity (Wildman–Crippen MR) is 123 cm³/mol. The van der Waals surface area contributed by atoms with Crippen LogP contribution in [0.1, 0.15) is 30.0 Å². The molecule has 4 N–H and O–H groups in total. The molecule has 2 heterocycles. The van der Waals surface area contributed by atoms with E-state index in [2.05, 4.69) is 15.0 Å². The van der Waals surface area contributed by atoms with Crippen LogP contribution in [0.3, 0.4) is 0 Å². The van der Waals surface area contributed by atoms with Crippen LogP contribution in [0.4, 0.5) is 5.69 Å². The number of pyridine rings is 1. The second-order valence-corrected chi connectivity index (χ2v) is 7.68. The molecule has 0 fully saturated rings. The Morgan fingerprint density at radius 1 is 1.10 bits per heavy atom. The first kappa shape index (κ1) is 21.0. The molecule has 0 spiro atoms. The maximum Gasteiger partial charge on any atom is 0.157 e. The Hall–Kier alpha value is -3.29. The van der Waals surface area contributed by atoms with Crippen LogP contribution in [0.25, 0.3) is 11.0 Å². The van der Waals surface area contributed by atoms with Crippen LogP contribution in [-0.4, -0.2) is 27.8 Å². The Bertz CT molecular complexity index is 1270. The molecule has 2 aromatic heterocycles. The number of nitrogens with zero attached hydrogens (tertiary/aromatic N) is 2. The van der Waals surface area contributed by atoms with Crippen molar-refractivity contribution in [1.29, 1.82) is 5.41 Å². The molecule has 0 saturated heterocycles. The number of aromatic nitrogens is 3. The Labute approximate surface area is 188 Å². The van der Waals surface area contributed by atoms with Gasteiger partial charge in [-0.1, -0.05) is 23.2 Å². The van der Waals surface area contributed by atoms with Crippen LogP contribution < -0.4 is 15.2 Å². The van der Waals surface area contributed by atoms with Gasteiger partial charge in [-0.15, -0.1) is 0 Å². The number of nitrogen functional groups attached to an aromatic ring is 1. The fourth-order valence-corrected chi connectivity index (χ4v) is 3.93. The van der Waals surface area contributed by atoms with Crippen molar-refractivity contribution in [3.63, 3.8) is 0 Å². The molecule has 0 bridgehead atoms. The summed E-state index contributed by atoms with van der Waals surface area (Å²) in [5, 5.41) is 9.48. The third-order valence-electron chi connectivity index (χ3n) is 4.83. The smallest absolute Gasteiger partial charge is 0.157 e. The van der Waals surface area contributed by atoms with Crippen LogP contribution in [0.2, 0.25) is 10.0 Å². The van der Waals surface area contributed by atoms with Crippen LogP contribution in [-0.2, 0) is 0 Å².